The summed E-state index contributed by atoms with van der Waals surface area (Å²) in [6.07, 6.45) is 3.41. The van der Waals surface area contributed by atoms with Gasteiger partial charge in [-0.15, -0.1) is 5.92 Å². The Bertz CT molecular complexity index is 196. The average molecular weight is 181 g/mol. The monoisotopic (exact) mass is 181 g/mol. The minimum atomic E-state index is 0.294. The van der Waals surface area contributed by atoms with Crippen LogP contribution in [0.15, 0.2) is 0 Å². The molecule has 1 N–H and O–H groups in total. The third-order valence-electron chi connectivity index (χ3n) is 2.86. The lowest BCUT2D eigenvalue weighted by molar-refractivity contribution is 0.0382. The van der Waals surface area contributed by atoms with Crippen LogP contribution < -0.4 is 5.32 Å². The van der Waals surface area contributed by atoms with Crippen molar-refractivity contribution >= 4 is 0 Å². The lowest BCUT2D eigenvalue weighted by Gasteiger charge is -2.36. The molecule has 0 aromatic heterocycles. The normalized spacial score (nSPS) is 20.5. The zero-order valence-corrected chi connectivity index (χ0v) is 8.65. The van der Waals surface area contributed by atoms with Crippen LogP contribution in [-0.2, 0) is 4.74 Å². The van der Waals surface area contributed by atoms with Crippen LogP contribution in [0.1, 0.15) is 33.1 Å². The number of hydrogen-bond acceptors (Lipinski definition) is 2. The topological polar surface area (TPSA) is 21.3 Å². The van der Waals surface area contributed by atoms with Gasteiger partial charge in [0.25, 0.3) is 0 Å². The second kappa shape index (κ2) is 5.26. The predicted octanol–water partition coefficient (Wildman–Crippen LogP) is 1.56. The fourth-order valence-electron chi connectivity index (χ4n) is 1.74. The van der Waals surface area contributed by atoms with Gasteiger partial charge in [0.15, 0.2) is 0 Å². The summed E-state index contributed by atoms with van der Waals surface area (Å²) in [6.45, 7) is 6.70. The molecule has 0 amide bonds. The molecular weight excluding hydrogens is 162 g/mol. The summed E-state index contributed by atoms with van der Waals surface area (Å²) >= 11 is 0. The summed E-state index contributed by atoms with van der Waals surface area (Å²) in [5.74, 6) is 5.96. The van der Waals surface area contributed by atoms with Crippen molar-refractivity contribution in [3.05, 3.63) is 0 Å². The molecule has 13 heavy (non-hydrogen) atoms. The van der Waals surface area contributed by atoms with E-state index >= 15 is 0 Å². The molecule has 0 saturated carbocycles. The molecular formula is C11H19NO. The van der Waals surface area contributed by atoms with E-state index in [4.69, 9.17) is 4.74 Å². The van der Waals surface area contributed by atoms with Gasteiger partial charge in [-0.2, -0.15) is 0 Å². The predicted molar refractivity (Wildman–Crippen MR) is 54.5 cm³/mol. The van der Waals surface area contributed by atoms with Crippen LogP contribution >= 0.6 is 0 Å². The molecule has 1 rings (SSSR count). The average Bonchev–Trinajstić information content (AvgIpc) is 2.20. The molecule has 0 radical (unpaired) electrons. The van der Waals surface area contributed by atoms with E-state index in [0.29, 0.717) is 5.54 Å². The molecule has 0 atom stereocenters. The zero-order chi connectivity index (χ0) is 9.57. The Morgan fingerprint density at radius 1 is 1.38 bits per heavy atom. The molecule has 1 heterocycles. The lowest BCUT2D eigenvalue weighted by atomic mass is 9.87. The maximum Gasteiger partial charge on any atom is 0.0580 e. The van der Waals surface area contributed by atoms with Crippen molar-refractivity contribution in [3.63, 3.8) is 0 Å². The smallest absolute Gasteiger partial charge is 0.0580 e. The minimum absolute atomic E-state index is 0.294. The van der Waals surface area contributed by atoms with Crippen LogP contribution in [-0.4, -0.2) is 25.3 Å². The quantitative estimate of drug-likeness (QED) is 0.667. The van der Waals surface area contributed by atoms with Gasteiger partial charge in [-0.1, -0.05) is 12.8 Å². The van der Waals surface area contributed by atoms with Crippen LogP contribution in [0.4, 0.5) is 0 Å². The SMILES string of the molecule is CC#CCNC1(CC)CCOCC1. The van der Waals surface area contributed by atoms with Gasteiger partial charge in [-0.25, -0.2) is 0 Å². The summed E-state index contributed by atoms with van der Waals surface area (Å²) in [4.78, 5) is 0. The van der Waals surface area contributed by atoms with Crippen molar-refractivity contribution in [1.29, 1.82) is 0 Å². The fourth-order valence-corrected chi connectivity index (χ4v) is 1.74. The molecule has 0 spiro atoms. The van der Waals surface area contributed by atoms with Gasteiger partial charge in [0.2, 0.25) is 0 Å². The fraction of sp³-hybridized carbons (Fsp3) is 0.818. The maximum absolute atomic E-state index is 5.36. The van der Waals surface area contributed by atoms with E-state index in [2.05, 4.69) is 24.1 Å². The molecule has 0 aliphatic carbocycles. The highest BCUT2D eigenvalue weighted by molar-refractivity contribution is 5.00. The van der Waals surface area contributed by atoms with E-state index in [0.717, 1.165) is 32.6 Å². The van der Waals surface area contributed by atoms with Crippen LogP contribution in [0.5, 0.6) is 0 Å². The number of rotatable bonds is 3. The van der Waals surface area contributed by atoms with E-state index in [-0.39, 0.29) is 0 Å². The van der Waals surface area contributed by atoms with E-state index < -0.39 is 0 Å². The van der Waals surface area contributed by atoms with Gasteiger partial charge >= 0.3 is 0 Å². The minimum Gasteiger partial charge on any atom is -0.381 e. The second-order valence-electron chi connectivity index (χ2n) is 3.53. The zero-order valence-electron chi connectivity index (χ0n) is 8.65. The van der Waals surface area contributed by atoms with E-state index in [9.17, 15) is 0 Å². The highest BCUT2D eigenvalue weighted by Crippen LogP contribution is 2.23. The van der Waals surface area contributed by atoms with Crippen LogP contribution in [0, 0.1) is 11.8 Å². The van der Waals surface area contributed by atoms with Gasteiger partial charge in [-0.3, -0.25) is 0 Å². The maximum atomic E-state index is 5.36. The molecule has 0 aromatic rings. The Morgan fingerprint density at radius 2 is 2.08 bits per heavy atom. The first-order chi connectivity index (χ1) is 6.33. The van der Waals surface area contributed by atoms with Crippen LogP contribution in [0.25, 0.3) is 0 Å². The van der Waals surface area contributed by atoms with Gasteiger partial charge in [0, 0.05) is 18.8 Å². The van der Waals surface area contributed by atoms with Crippen molar-refractivity contribution in [1.82, 2.24) is 5.32 Å². The van der Waals surface area contributed by atoms with Crippen molar-refractivity contribution in [2.75, 3.05) is 19.8 Å². The molecule has 1 aliphatic rings. The van der Waals surface area contributed by atoms with Crippen LogP contribution in [0.2, 0.25) is 0 Å². The summed E-state index contributed by atoms with van der Waals surface area (Å²) in [5, 5.41) is 3.53. The Hall–Kier alpha value is -0.520. The van der Waals surface area contributed by atoms with Gasteiger partial charge in [0.1, 0.15) is 0 Å². The highest BCUT2D eigenvalue weighted by atomic mass is 16.5. The molecule has 74 valence electrons. The Balaban J connectivity index is 2.41. The van der Waals surface area contributed by atoms with Crippen molar-refractivity contribution in [3.8, 4) is 11.8 Å². The first kappa shape index (κ1) is 10.6. The van der Waals surface area contributed by atoms with Crippen molar-refractivity contribution in [2.45, 2.75) is 38.6 Å². The van der Waals surface area contributed by atoms with Crippen molar-refractivity contribution < 1.29 is 4.74 Å². The molecule has 0 bridgehead atoms. The Morgan fingerprint density at radius 3 is 2.62 bits per heavy atom. The first-order valence-electron chi connectivity index (χ1n) is 5.05. The number of hydrogen-bond donors (Lipinski definition) is 1. The molecule has 1 aliphatic heterocycles. The highest BCUT2D eigenvalue weighted by Gasteiger charge is 2.29. The summed E-state index contributed by atoms with van der Waals surface area (Å²) in [5.41, 5.74) is 0.294. The Kier molecular flexibility index (Phi) is 4.27. The lowest BCUT2D eigenvalue weighted by Crippen LogP contribution is -2.49. The van der Waals surface area contributed by atoms with Crippen molar-refractivity contribution in [2.24, 2.45) is 0 Å². The number of nitrogens with one attached hydrogen (secondary N) is 1. The molecule has 0 aromatic carbocycles. The third kappa shape index (κ3) is 3.02. The molecule has 0 unspecified atom stereocenters. The summed E-state index contributed by atoms with van der Waals surface area (Å²) in [6, 6.07) is 0. The standard InChI is InChI=1S/C11H19NO/c1-3-5-8-12-11(4-2)6-9-13-10-7-11/h12H,4,6-10H2,1-2H3. The molecule has 1 fully saturated rings. The van der Waals surface area contributed by atoms with Gasteiger partial charge in [-0.05, 0) is 26.2 Å². The summed E-state index contributed by atoms with van der Waals surface area (Å²) in [7, 11) is 0. The molecule has 1 saturated heterocycles. The van der Waals surface area contributed by atoms with E-state index in [1.807, 2.05) is 6.92 Å². The molecule has 2 heteroatoms. The van der Waals surface area contributed by atoms with Crippen LogP contribution in [0.3, 0.4) is 0 Å². The van der Waals surface area contributed by atoms with Gasteiger partial charge in [0.05, 0.1) is 6.54 Å². The van der Waals surface area contributed by atoms with Gasteiger partial charge < -0.3 is 10.1 Å². The van der Waals surface area contributed by atoms with E-state index in [1.54, 1.807) is 0 Å². The third-order valence-corrected chi connectivity index (χ3v) is 2.86. The first-order valence-corrected chi connectivity index (χ1v) is 5.05. The molecule has 2 nitrogen and oxygen atoms in total. The number of ether oxygens (including phenoxy) is 1. The second-order valence-corrected chi connectivity index (χ2v) is 3.53. The van der Waals surface area contributed by atoms with E-state index in [1.165, 1.54) is 6.42 Å². The largest absolute Gasteiger partial charge is 0.381 e. The summed E-state index contributed by atoms with van der Waals surface area (Å²) < 4.78 is 5.36. The Labute approximate surface area is 81.0 Å².